The molecule has 1 unspecified atom stereocenters. The van der Waals surface area contributed by atoms with Crippen LogP contribution in [0, 0.1) is 5.92 Å². The third-order valence-corrected chi connectivity index (χ3v) is 3.13. The van der Waals surface area contributed by atoms with E-state index in [9.17, 15) is 18.0 Å². The van der Waals surface area contributed by atoms with Crippen LogP contribution in [-0.4, -0.2) is 11.1 Å². The summed E-state index contributed by atoms with van der Waals surface area (Å²) in [5.74, 6) is -1.05. The van der Waals surface area contributed by atoms with E-state index >= 15 is 0 Å². The first kappa shape index (κ1) is 14.4. The number of hydrogen-bond acceptors (Lipinski definition) is 1. The van der Waals surface area contributed by atoms with E-state index in [-0.39, 0.29) is 11.5 Å². The summed E-state index contributed by atoms with van der Waals surface area (Å²) in [4.78, 5) is 11.0. The molecule has 0 fully saturated rings. The van der Waals surface area contributed by atoms with Crippen molar-refractivity contribution >= 4 is 11.5 Å². The highest BCUT2D eigenvalue weighted by Crippen LogP contribution is 2.33. The maximum atomic E-state index is 12.7. The molecule has 0 aliphatic heterocycles. The molecule has 2 rings (SSSR count). The second-order valence-corrected chi connectivity index (χ2v) is 4.86. The van der Waals surface area contributed by atoms with Gasteiger partial charge in [-0.25, -0.2) is 4.79 Å². The van der Waals surface area contributed by atoms with Gasteiger partial charge in [-0.15, -0.1) is 0 Å². The van der Waals surface area contributed by atoms with Gasteiger partial charge in [0.15, 0.2) is 0 Å². The van der Waals surface area contributed by atoms with Gasteiger partial charge in [0.1, 0.15) is 0 Å². The van der Waals surface area contributed by atoms with Crippen LogP contribution in [0.25, 0.3) is 5.57 Å². The molecule has 1 atom stereocenters. The van der Waals surface area contributed by atoms with Crippen molar-refractivity contribution < 1.29 is 23.1 Å². The Bertz CT molecular complexity index is 597. The van der Waals surface area contributed by atoms with Gasteiger partial charge >= 0.3 is 12.1 Å². The second-order valence-electron chi connectivity index (χ2n) is 4.86. The predicted molar refractivity (Wildman–Crippen MR) is 68.9 cm³/mol. The molecule has 1 aromatic rings. The zero-order chi connectivity index (χ0) is 14.9. The normalized spacial score (nSPS) is 19.3. The summed E-state index contributed by atoms with van der Waals surface area (Å²) < 4.78 is 38.1. The zero-order valence-corrected chi connectivity index (χ0v) is 10.7. The minimum atomic E-state index is -4.41. The van der Waals surface area contributed by atoms with Gasteiger partial charge in [0.25, 0.3) is 0 Å². The average molecular weight is 282 g/mol. The van der Waals surface area contributed by atoms with Gasteiger partial charge in [-0.1, -0.05) is 25.1 Å². The van der Waals surface area contributed by atoms with Gasteiger partial charge in [0.05, 0.1) is 5.56 Å². The van der Waals surface area contributed by atoms with Crippen LogP contribution < -0.4 is 0 Å². The molecule has 5 heteroatoms. The minimum absolute atomic E-state index is 0.0179. The van der Waals surface area contributed by atoms with Gasteiger partial charge < -0.3 is 5.11 Å². The minimum Gasteiger partial charge on any atom is -0.478 e. The zero-order valence-electron chi connectivity index (χ0n) is 10.7. The summed E-state index contributed by atoms with van der Waals surface area (Å²) in [6.07, 6.45) is -0.784. The Balaban J connectivity index is 2.43. The van der Waals surface area contributed by atoms with E-state index in [4.69, 9.17) is 5.11 Å². The number of allylic oxidation sites excluding steroid dienone is 3. The molecule has 1 aliphatic carbocycles. The number of hydrogen-bond donors (Lipinski definition) is 1. The second kappa shape index (κ2) is 5.15. The first-order valence-corrected chi connectivity index (χ1v) is 6.10. The predicted octanol–water partition coefficient (Wildman–Crippen LogP) is 4.14. The van der Waals surface area contributed by atoms with Gasteiger partial charge in [0.2, 0.25) is 0 Å². The van der Waals surface area contributed by atoms with Crippen molar-refractivity contribution in [2.24, 2.45) is 5.92 Å². The van der Waals surface area contributed by atoms with Crippen molar-refractivity contribution in [3.05, 3.63) is 53.1 Å². The van der Waals surface area contributed by atoms with Crippen molar-refractivity contribution in [3.8, 4) is 0 Å². The lowest BCUT2D eigenvalue weighted by Crippen LogP contribution is -2.09. The smallest absolute Gasteiger partial charge is 0.416 e. The van der Waals surface area contributed by atoms with E-state index in [2.05, 4.69) is 0 Å². The van der Waals surface area contributed by atoms with Gasteiger partial charge in [-0.3, -0.25) is 0 Å². The van der Waals surface area contributed by atoms with Crippen LogP contribution in [0.2, 0.25) is 0 Å². The van der Waals surface area contributed by atoms with Crippen LogP contribution in [0.1, 0.15) is 24.5 Å². The molecule has 1 aliphatic rings. The van der Waals surface area contributed by atoms with E-state index in [1.54, 1.807) is 12.1 Å². The highest BCUT2D eigenvalue weighted by Gasteiger charge is 2.30. The number of carbonyl (C=O) groups is 1. The number of halogens is 3. The van der Waals surface area contributed by atoms with Crippen LogP contribution in [0.5, 0.6) is 0 Å². The Labute approximate surface area is 114 Å². The van der Waals surface area contributed by atoms with Crippen LogP contribution in [0.15, 0.2) is 42.0 Å². The molecule has 2 nitrogen and oxygen atoms in total. The summed E-state index contributed by atoms with van der Waals surface area (Å²) in [6, 6.07) is 4.92. The molecule has 0 spiro atoms. The van der Waals surface area contributed by atoms with E-state index in [1.165, 1.54) is 12.1 Å². The fourth-order valence-corrected chi connectivity index (χ4v) is 2.21. The van der Waals surface area contributed by atoms with Crippen LogP contribution in [0.3, 0.4) is 0 Å². The number of benzene rings is 1. The maximum absolute atomic E-state index is 12.7. The molecule has 1 N–H and O–H groups in total. The summed E-state index contributed by atoms with van der Waals surface area (Å²) >= 11 is 0. The molecule has 0 saturated heterocycles. The molecule has 0 radical (unpaired) electrons. The molecule has 0 bridgehead atoms. The summed E-state index contributed by atoms with van der Waals surface area (Å²) in [5.41, 5.74) is 0.379. The molecule has 1 aromatic carbocycles. The Morgan fingerprint density at radius 1 is 1.35 bits per heavy atom. The molecular weight excluding hydrogens is 269 g/mol. The van der Waals surface area contributed by atoms with Crippen molar-refractivity contribution in [3.63, 3.8) is 0 Å². The standard InChI is InChI=1S/C15H13F3O2/c1-9-5-11(7-12(6-9)14(19)20)10-3-2-4-13(8-10)15(16,17)18/h2-5,7-9H,6H2,1H3,(H,19,20). The van der Waals surface area contributed by atoms with Crippen molar-refractivity contribution in [1.82, 2.24) is 0 Å². The third-order valence-electron chi connectivity index (χ3n) is 3.13. The van der Waals surface area contributed by atoms with Crippen LogP contribution in [-0.2, 0) is 11.0 Å². The van der Waals surface area contributed by atoms with E-state index in [1.807, 2.05) is 6.92 Å². The van der Waals surface area contributed by atoms with Gasteiger partial charge in [-0.2, -0.15) is 13.2 Å². The number of rotatable bonds is 2. The SMILES string of the molecule is CC1C=C(c2cccc(C(F)(F)F)c2)C=C(C(=O)O)C1. The number of carboxylic acid groups (broad SMARTS) is 1. The lowest BCUT2D eigenvalue weighted by molar-refractivity contribution is -0.137. The van der Waals surface area contributed by atoms with Crippen molar-refractivity contribution in [2.45, 2.75) is 19.5 Å². The summed E-state index contributed by atoms with van der Waals surface area (Å²) in [7, 11) is 0. The third kappa shape index (κ3) is 3.10. The molecule has 0 amide bonds. The molecule has 0 aromatic heterocycles. The lowest BCUT2D eigenvalue weighted by atomic mass is 9.88. The molecular formula is C15H13F3O2. The highest BCUT2D eigenvalue weighted by molar-refractivity contribution is 5.92. The van der Waals surface area contributed by atoms with Gasteiger partial charge in [0, 0.05) is 5.57 Å². The maximum Gasteiger partial charge on any atom is 0.416 e. The van der Waals surface area contributed by atoms with E-state index in [0.29, 0.717) is 17.6 Å². The quantitative estimate of drug-likeness (QED) is 0.885. The van der Waals surface area contributed by atoms with E-state index < -0.39 is 17.7 Å². The Morgan fingerprint density at radius 3 is 2.65 bits per heavy atom. The van der Waals surface area contributed by atoms with E-state index in [0.717, 1.165) is 12.1 Å². The number of carboxylic acids is 1. The average Bonchev–Trinajstić information content (AvgIpc) is 2.37. The Kier molecular flexibility index (Phi) is 3.70. The highest BCUT2D eigenvalue weighted by atomic mass is 19.4. The summed E-state index contributed by atoms with van der Waals surface area (Å²) in [5, 5.41) is 9.03. The van der Waals surface area contributed by atoms with Crippen LogP contribution in [0.4, 0.5) is 13.2 Å². The Morgan fingerprint density at radius 2 is 2.05 bits per heavy atom. The lowest BCUT2D eigenvalue weighted by Gasteiger charge is -2.17. The first-order valence-electron chi connectivity index (χ1n) is 6.10. The topological polar surface area (TPSA) is 37.3 Å². The molecule has 106 valence electrons. The monoisotopic (exact) mass is 282 g/mol. The largest absolute Gasteiger partial charge is 0.478 e. The van der Waals surface area contributed by atoms with Crippen molar-refractivity contribution in [2.75, 3.05) is 0 Å². The molecule has 20 heavy (non-hydrogen) atoms. The fourth-order valence-electron chi connectivity index (χ4n) is 2.21. The van der Waals surface area contributed by atoms with Gasteiger partial charge in [-0.05, 0) is 41.7 Å². The number of alkyl halides is 3. The summed E-state index contributed by atoms with van der Waals surface area (Å²) in [6.45, 7) is 1.84. The molecule has 0 heterocycles. The van der Waals surface area contributed by atoms with Crippen molar-refractivity contribution in [1.29, 1.82) is 0 Å². The fraction of sp³-hybridized carbons (Fsp3) is 0.267. The number of aliphatic carboxylic acids is 1. The Hall–Kier alpha value is -2.04. The van der Waals surface area contributed by atoms with Crippen LogP contribution >= 0.6 is 0 Å². The molecule has 0 saturated carbocycles. The first-order chi connectivity index (χ1) is 9.27.